The standard InChI is InChI=1S/C31H41ClN2O2/c1-29-17-13-25-23(19-33-27-18-22(35)12-16-30(25,27)2)24(29)10-11-26(29)28(36)34-31(14-4-3-5-15-31)20-6-8-21(32)9-7-20/h6-9,18,23-26,33H,3-5,10-17,19H2,1-2H3,(H,34,36). The molecular weight excluding hydrogens is 468 g/mol. The van der Waals surface area contributed by atoms with Gasteiger partial charge in [0.05, 0.1) is 5.54 Å². The zero-order valence-corrected chi connectivity index (χ0v) is 22.6. The van der Waals surface area contributed by atoms with Crippen molar-refractivity contribution in [1.82, 2.24) is 10.6 Å². The van der Waals surface area contributed by atoms with Crippen molar-refractivity contribution < 1.29 is 9.59 Å². The lowest BCUT2D eigenvalue weighted by atomic mass is 9.50. The minimum Gasteiger partial charge on any atom is -0.387 e. The monoisotopic (exact) mass is 508 g/mol. The predicted molar refractivity (Wildman–Crippen MR) is 143 cm³/mol. The average molecular weight is 509 g/mol. The number of ketones is 1. The van der Waals surface area contributed by atoms with Gasteiger partial charge < -0.3 is 10.6 Å². The molecule has 1 aromatic carbocycles. The highest BCUT2D eigenvalue weighted by atomic mass is 35.5. The molecule has 0 radical (unpaired) electrons. The number of rotatable bonds is 3. The minimum absolute atomic E-state index is 0.0465. The molecule has 4 nitrogen and oxygen atoms in total. The first-order valence-corrected chi connectivity index (χ1v) is 14.7. The number of amides is 1. The van der Waals surface area contributed by atoms with E-state index in [1.807, 2.05) is 18.2 Å². The first kappa shape index (κ1) is 24.5. The van der Waals surface area contributed by atoms with Crippen molar-refractivity contribution in [2.75, 3.05) is 6.54 Å². The Bertz CT molecular complexity index is 1070. The molecule has 6 unspecified atom stereocenters. The number of nitrogens with one attached hydrogen (secondary N) is 2. The molecule has 5 heteroatoms. The number of fused-ring (bicyclic) bond motifs is 5. The van der Waals surface area contributed by atoms with Crippen LogP contribution in [0.15, 0.2) is 36.0 Å². The van der Waals surface area contributed by atoms with E-state index >= 15 is 0 Å². The van der Waals surface area contributed by atoms with Crippen LogP contribution in [0.25, 0.3) is 0 Å². The molecule has 2 N–H and O–H groups in total. The summed E-state index contributed by atoms with van der Waals surface area (Å²) in [5.41, 5.74) is 2.25. The fourth-order valence-electron chi connectivity index (χ4n) is 9.31. The Morgan fingerprint density at radius 1 is 0.972 bits per heavy atom. The van der Waals surface area contributed by atoms with E-state index in [-0.39, 0.29) is 34.0 Å². The lowest BCUT2D eigenvalue weighted by Gasteiger charge is -2.58. The van der Waals surface area contributed by atoms with Gasteiger partial charge in [0.15, 0.2) is 5.78 Å². The molecule has 0 spiro atoms. The molecule has 0 aromatic heterocycles. The van der Waals surface area contributed by atoms with Crippen molar-refractivity contribution in [1.29, 1.82) is 0 Å². The smallest absolute Gasteiger partial charge is 0.224 e. The number of allylic oxidation sites excluding steroid dienone is 2. The fourth-order valence-corrected chi connectivity index (χ4v) is 9.43. The van der Waals surface area contributed by atoms with E-state index in [2.05, 4.69) is 36.6 Å². The molecule has 0 bridgehead atoms. The van der Waals surface area contributed by atoms with Crippen molar-refractivity contribution in [2.45, 2.75) is 90.0 Å². The van der Waals surface area contributed by atoms with Crippen molar-refractivity contribution in [2.24, 2.45) is 34.5 Å². The summed E-state index contributed by atoms with van der Waals surface area (Å²) in [4.78, 5) is 26.2. The molecule has 4 aliphatic carbocycles. The van der Waals surface area contributed by atoms with Gasteiger partial charge in [0.1, 0.15) is 0 Å². The second-order valence-electron chi connectivity index (χ2n) is 13.0. The molecule has 1 heterocycles. The highest BCUT2D eigenvalue weighted by Gasteiger charge is 2.60. The Kier molecular flexibility index (Phi) is 6.06. The maximum absolute atomic E-state index is 14.1. The van der Waals surface area contributed by atoms with Crippen molar-refractivity contribution in [3.63, 3.8) is 0 Å². The molecule has 1 saturated heterocycles. The van der Waals surface area contributed by atoms with Crippen LogP contribution in [0, 0.1) is 34.5 Å². The largest absolute Gasteiger partial charge is 0.387 e. The zero-order chi connectivity index (χ0) is 25.1. The van der Waals surface area contributed by atoms with E-state index < -0.39 is 0 Å². The highest BCUT2D eigenvalue weighted by Crippen LogP contribution is 2.64. The Hall–Kier alpha value is -1.81. The third kappa shape index (κ3) is 3.77. The van der Waals surface area contributed by atoms with Crippen molar-refractivity contribution in [3.05, 3.63) is 46.6 Å². The summed E-state index contributed by atoms with van der Waals surface area (Å²) >= 11 is 6.20. The number of hydrogen-bond acceptors (Lipinski definition) is 3. The van der Waals surface area contributed by atoms with E-state index in [4.69, 9.17) is 11.6 Å². The first-order valence-electron chi connectivity index (χ1n) is 14.3. The Morgan fingerprint density at radius 2 is 1.72 bits per heavy atom. The summed E-state index contributed by atoms with van der Waals surface area (Å²) in [6.45, 7) is 5.75. The number of carbonyl (C=O) groups excluding carboxylic acids is 2. The maximum atomic E-state index is 14.1. The molecule has 194 valence electrons. The van der Waals surface area contributed by atoms with Gasteiger partial charge in [-0.3, -0.25) is 9.59 Å². The lowest BCUT2D eigenvalue weighted by Crippen LogP contribution is -2.58. The molecule has 6 rings (SSSR count). The SMILES string of the molecule is CC12CCC(=O)C=C1NCC1C2CCC2(C)C(C(=O)NC3(c4ccc(Cl)cc4)CCCCC3)CCC12. The maximum Gasteiger partial charge on any atom is 0.224 e. The normalized spacial score (nSPS) is 39.2. The lowest BCUT2D eigenvalue weighted by molar-refractivity contribution is -0.135. The van der Waals surface area contributed by atoms with Crippen LogP contribution in [0.2, 0.25) is 5.02 Å². The van der Waals surface area contributed by atoms with Crippen LogP contribution >= 0.6 is 11.6 Å². The zero-order valence-electron chi connectivity index (χ0n) is 21.9. The molecule has 5 aliphatic rings. The van der Waals surface area contributed by atoms with Crippen molar-refractivity contribution in [3.8, 4) is 0 Å². The third-order valence-corrected chi connectivity index (χ3v) is 11.6. The summed E-state index contributed by atoms with van der Waals surface area (Å²) in [6, 6.07) is 8.16. The predicted octanol–water partition coefficient (Wildman–Crippen LogP) is 6.53. The number of piperidine rings is 1. The summed E-state index contributed by atoms with van der Waals surface area (Å²) in [5.74, 6) is 2.37. The number of hydrogen-bond donors (Lipinski definition) is 2. The molecule has 36 heavy (non-hydrogen) atoms. The second-order valence-corrected chi connectivity index (χ2v) is 13.4. The van der Waals surface area contributed by atoms with E-state index in [1.165, 1.54) is 17.7 Å². The molecule has 6 atom stereocenters. The fraction of sp³-hybridized carbons (Fsp3) is 0.677. The Morgan fingerprint density at radius 3 is 2.47 bits per heavy atom. The van der Waals surface area contributed by atoms with Crippen LogP contribution in [0.1, 0.15) is 90.0 Å². The number of carbonyl (C=O) groups is 2. The van der Waals surface area contributed by atoms with Gasteiger partial charge in [0, 0.05) is 41.1 Å². The van der Waals surface area contributed by atoms with Gasteiger partial charge in [-0.05, 0) is 85.8 Å². The van der Waals surface area contributed by atoms with Gasteiger partial charge >= 0.3 is 0 Å². The topological polar surface area (TPSA) is 58.2 Å². The Labute approximate surface area is 221 Å². The molecule has 1 aliphatic heterocycles. The van der Waals surface area contributed by atoms with Gasteiger partial charge in [-0.15, -0.1) is 0 Å². The summed E-state index contributed by atoms with van der Waals surface area (Å²) in [5, 5.41) is 8.09. The van der Waals surface area contributed by atoms with Crippen LogP contribution in [0.4, 0.5) is 0 Å². The van der Waals surface area contributed by atoms with Gasteiger partial charge in [0.25, 0.3) is 0 Å². The molecular formula is C31H41ClN2O2. The van der Waals surface area contributed by atoms with Crippen molar-refractivity contribution >= 4 is 23.3 Å². The molecule has 1 amide bonds. The molecule has 3 saturated carbocycles. The van der Waals surface area contributed by atoms with Crippen LogP contribution in [0.5, 0.6) is 0 Å². The van der Waals surface area contributed by atoms with E-state index in [0.717, 1.165) is 69.4 Å². The average Bonchev–Trinajstić information content (AvgIpc) is 3.23. The molecule has 4 fully saturated rings. The van der Waals surface area contributed by atoms with Gasteiger partial charge in [-0.25, -0.2) is 0 Å². The van der Waals surface area contributed by atoms with Crippen LogP contribution in [0.3, 0.4) is 0 Å². The highest BCUT2D eigenvalue weighted by molar-refractivity contribution is 6.30. The summed E-state index contributed by atoms with van der Waals surface area (Å²) in [7, 11) is 0. The van der Waals surface area contributed by atoms with E-state index in [9.17, 15) is 9.59 Å². The van der Waals surface area contributed by atoms with Gasteiger partial charge in [-0.1, -0.05) is 56.8 Å². The van der Waals surface area contributed by atoms with Crippen LogP contribution in [-0.4, -0.2) is 18.2 Å². The first-order chi connectivity index (χ1) is 17.3. The molecule has 1 aromatic rings. The summed E-state index contributed by atoms with van der Waals surface area (Å²) in [6.07, 6.45) is 13.5. The van der Waals surface area contributed by atoms with E-state index in [0.29, 0.717) is 24.2 Å². The van der Waals surface area contributed by atoms with E-state index in [1.54, 1.807) is 0 Å². The summed E-state index contributed by atoms with van der Waals surface area (Å²) < 4.78 is 0. The van der Waals surface area contributed by atoms with Crippen LogP contribution < -0.4 is 10.6 Å². The third-order valence-electron chi connectivity index (χ3n) is 11.4. The van der Waals surface area contributed by atoms with Gasteiger partial charge in [0.2, 0.25) is 5.91 Å². The second kappa shape index (κ2) is 8.89. The Balaban J connectivity index is 1.24. The minimum atomic E-state index is -0.264. The number of benzene rings is 1. The number of halogens is 1. The van der Waals surface area contributed by atoms with Gasteiger partial charge in [-0.2, -0.15) is 0 Å². The quantitative estimate of drug-likeness (QED) is 0.488. The van der Waals surface area contributed by atoms with Crippen LogP contribution in [-0.2, 0) is 15.1 Å².